The zero-order valence-electron chi connectivity index (χ0n) is 16.9. The second-order valence-corrected chi connectivity index (χ2v) is 8.66. The van der Waals surface area contributed by atoms with Gasteiger partial charge in [-0.25, -0.2) is 9.97 Å². The number of benzene rings is 2. The van der Waals surface area contributed by atoms with Gasteiger partial charge in [-0.3, -0.25) is 0 Å². The summed E-state index contributed by atoms with van der Waals surface area (Å²) in [7, 11) is 0. The number of nitrogens with zero attached hydrogens (tertiary/aromatic N) is 2. The maximum atomic E-state index is 9.32. The molecule has 4 aromatic rings. The van der Waals surface area contributed by atoms with E-state index >= 15 is 0 Å². The highest BCUT2D eigenvalue weighted by atomic mass is 32.1. The minimum Gasteiger partial charge on any atom is -0.493 e. The molecule has 0 radical (unpaired) electrons. The fourth-order valence-corrected chi connectivity index (χ4v) is 3.99. The number of ether oxygens (including phenoxy) is 1. The van der Waals surface area contributed by atoms with E-state index in [1.165, 1.54) is 5.56 Å². The molecule has 0 bridgehead atoms. The summed E-state index contributed by atoms with van der Waals surface area (Å²) in [5.41, 5.74) is 5.84. The Morgan fingerprint density at radius 3 is 2.79 bits per heavy atom. The molecule has 29 heavy (non-hydrogen) atoms. The first-order chi connectivity index (χ1) is 14.0. The van der Waals surface area contributed by atoms with Gasteiger partial charge in [-0.2, -0.15) is 0 Å². The van der Waals surface area contributed by atoms with Crippen LogP contribution in [-0.4, -0.2) is 26.7 Å². The van der Waals surface area contributed by atoms with Crippen molar-refractivity contribution < 1.29 is 9.84 Å². The molecule has 0 unspecified atom stereocenters. The highest BCUT2D eigenvalue weighted by Gasteiger charge is 2.13. The molecule has 6 heteroatoms. The summed E-state index contributed by atoms with van der Waals surface area (Å²) in [6, 6.07) is 12.0. The molecular formula is C23H25N3O2S. The molecule has 0 saturated heterocycles. The van der Waals surface area contributed by atoms with E-state index in [1.807, 2.05) is 23.6 Å². The Labute approximate surface area is 174 Å². The van der Waals surface area contributed by atoms with Gasteiger partial charge in [0, 0.05) is 17.4 Å². The van der Waals surface area contributed by atoms with Gasteiger partial charge >= 0.3 is 0 Å². The minimum atomic E-state index is 0.0167. The highest BCUT2D eigenvalue weighted by Crippen LogP contribution is 2.28. The largest absolute Gasteiger partial charge is 0.493 e. The monoisotopic (exact) mass is 407 g/mol. The van der Waals surface area contributed by atoms with Crippen molar-refractivity contribution in [3.63, 3.8) is 0 Å². The summed E-state index contributed by atoms with van der Waals surface area (Å²) in [5, 5.41) is 12.4. The van der Waals surface area contributed by atoms with Gasteiger partial charge in [-0.15, -0.1) is 11.3 Å². The number of aliphatic hydroxyl groups is 1. The van der Waals surface area contributed by atoms with Crippen molar-refractivity contribution in [1.82, 2.24) is 15.0 Å². The van der Waals surface area contributed by atoms with Gasteiger partial charge in [0.15, 0.2) is 5.82 Å². The lowest BCUT2D eigenvalue weighted by atomic mass is 10.1. The number of aryl methyl sites for hydroxylation is 1. The molecule has 5 nitrogen and oxygen atoms in total. The molecule has 4 rings (SSSR count). The van der Waals surface area contributed by atoms with Crippen molar-refractivity contribution in [1.29, 1.82) is 0 Å². The Morgan fingerprint density at radius 1 is 1.14 bits per heavy atom. The maximum Gasteiger partial charge on any atom is 0.158 e. The van der Waals surface area contributed by atoms with Crippen LogP contribution in [0.4, 0.5) is 0 Å². The summed E-state index contributed by atoms with van der Waals surface area (Å²) in [6.45, 7) is 7.12. The van der Waals surface area contributed by atoms with Crippen LogP contribution in [0.15, 0.2) is 41.8 Å². The average molecular weight is 408 g/mol. The highest BCUT2D eigenvalue weighted by molar-refractivity contribution is 7.10. The molecule has 2 heterocycles. The second-order valence-electron chi connectivity index (χ2n) is 7.71. The first-order valence-electron chi connectivity index (χ1n) is 9.78. The number of nitrogens with one attached hydrogen (secondary N) is 1. The van der Waals surface area contributed by atoms with Crippen LogP contribution in [0.1, 0.15) is 35.5 Å². The average Bonchev–Trinajstić information content (AvgIpc) is 3.33. The van der Waals surface area contributed by atoms with Crippen molar-refractivity contribution in [3.05, 3.63) is 63.5 Å². The van der Waals surface area contributed by atoms with E-state index in [-0.39, 0.29) is 6.61 Å². The molecule has 0 aliphatic heterocycles. The summed E-state index contributed by atoms with van der Waals surface area (Å²) in [6.07, 6.45) is 0.731. The molecule has 0 aliphatic carbocycles. The van der Waals surface area contributed by atoms with Crippen LogP contribution in [0.5, 0.6) is 5.75 Å². The summed E-state index contributed by atoms with van der Waals surface area (Å²) in [5.74, 6) is 2.16. The molecule has 0 fully saturated rings. The van der Waals surface area contributed by atoms with E-state index in [0.29, 0.717) is 12.5 Å². The lowest BCUT2D eigenvalue weighted by Gasteiger charge is -2.13. The number of aromatic amines is 1. The minimum absolute atomic E-state index is 0.0167. The number of aliphatic hydroxyl groups excluding tert-OH is 1. The quantitative estimate of drug-likeness (QED) is 0.446. The fourth-order valence-electron chi connectivity index (χ4n) is 3.18. The van der Waals surface area contributed by atoms with Gasteiger partial charge in [0.2, 0.25) is 0 Å². The third kappa shape index (κ3) is 4.49. The van der Waals surface area contributed by atoms with Crippen LogP contribution in [0.3, 0.4) is 0 Å². The van der Waals surface area contributed by atoms with Crippen LogP contribution in [-0.2, 0) is 13.0 Å². The van der Waals surface area contributed by atoms with Crippen molar-refractivity contribution in [2.75, 3.05) is 6.61 Å². The van der Waals surface area contributed by atoms with Crippen molar-refractivity contribution in [2.24, 2.45) is 5.92 Å². The van der Waals surface area contributed by atoms with Crippen LogP contribution in [0, 0.1) is 12.8 Å². The molecule has 2 aromatic carbocycles. The van der Waals surface area contributed by atoms with Gasteiger partial charge < -0.3 is 14.8 Å². The topological polar surface area (TPSA) is 71.0 Å². The van der Waals surface area contributed by atoms with E-state index in [2.05, 4.69) is 48.9 Å². The van der Waals surface area contributed by atoms with Gasteiger partial charge in [-0.05, 0) is 36.6 Å². The summed E-state index contributed by atoms with van der Waals surface area (Å²) in [4.78, 5) is 12.8. The second kappa shape index (κ2) is 8.35. The summed E-state index contributed by atoms with van der Waals surface area (Å²) < 4.78 is 6.02. The number of thiazole rings is 1. The third-order valence-electron chi connectivity index (χ3n) is 4.65. The predicted molar refractivity (Wildman–Crippen MR) is 117 cm³/mol. The Hall–Kier alpha value is -2.70. The van der Waals surface area contributed by atoms with Gasteiger partial charge in [0.05, 0.1) is 29.3 Å². The third-order valence-corrected chi connectivity index (χ3v) is 5.50. The molecule has 2 N–H and O–H groups in total. The first kappa shape index (κ1) is 19.6. The van der Waals surface area contributed by atoms with E-state index in [0.717, 1.165) is 50.9 Å². The summed E-state index contributed by atoms with van der Waals surface area (Å²) >= 11 is 1.63. The van der Waals surface area contributed by atoms with Crippen LogP contribution in [0.2, 0.25) is 0 Å². The van der Waals surface area contributed by atoms with Gasteiger partial charge in [0.25, 0.3) is 0 Å². The fraction of sp³-hybridized carbons (Fsp3) is 0.304. The lowest BCUT2D eigenvalue weighted by Crippen LogP contribution is -2.06. The molecule has 0 amide bonds. The van der Waals surface area contributed by atoms with Crippen molar-refractivity contribution >= 4 is 22.4 Å². The van der Waals surface area contributed by atoms with Gasteiger partial charge in [0.1, 0.15) is 11.4 Å². The number of imidazole rings is 1. The Morgan fingerprint density at radius 2 is 2.00 bits per heavy atom. The Bertz CT molecular complexity index is 1130. The van der Waals surface area contributed by atoms with Crippen LogP contribution >= 0.6 is 11.3 Å². The Balaban J connectivity index is 1.58. The standard InChI is InChI=1S/C23H25N3O2S/c1-14(2)12-28-21-7-4-15(3)8-17(21)10-22-24-20(13-29-22)23-25-18-6-5-16(11-27)9-19(18)26-23/h4-9,13-14,27H,10-12H2,1-3H3,(H,25,26). The van der Waals surface area contributed by atoms with Gasteiger partial charge in [-0.1, -0.05) is 37.6 Å². The SMILES string of the molecule is Cc1ccc(OCC(C)C)c(Cc2nc(-c3nc4ccc(CO)cc4[nH]3)cs2)c1. The lowest BCUT2D eigenvalue weighted by molar-refractivity contribution is 0.269. The number of fused-ring (bicyclic) bond motifs is 1. The number of aromatic nitrogens is 3. The van der Waals surface area contributed by atoms with E-state index in [1.54, 1.807) is 11.3 Å². The van der Waals surface area contributed by atoms with E-state index in [4.69, 9.17) is 9.72 Å². The van der Waals surface area contributed by atoms with E-state index in [9.17, 15) is 5.11 Å². The molecule has 0 saturated carbocycles. The molecule has 2 aromatic heterocycles. The van der Waals surface area contributed by atoms with Crippen molar-refractivity contribution in [3.8, 4) is 17.3 Å². The smallest absolute Gasteiger partial charge is 0.158 e. The van der Waals surface area contributed by atoms with Crippen LogP contribution < -0.4 is 4.74 Å². The predicted octanol–water partition coefficient (Wildman–Crippen LogP) is 5.11. The number of hydrogen-bond donors (Lipinski definition) is 2. The zero-order chi connectivity index (χ0) is 20.4. The zero-order valence-corrected chi connectivity index (χ0v) is 17.7. The number of hydrogen-bond acceptors (Lipinski definition) is 5. The molecule has 0 atom stereocenters. The van der Waals surface area contributed by atoms with Crippen molar-refractivity contribution in [2.45, 2.75) is 33.8 Å². The Kier molecular flexibility index (Phi) is 5.65. The number of rotatable bonds is 7. The molecule has 0 spiro atoms. The maximum absolute atomic E-state index is 9.32. The normalized spacial score (nSPS) is 11.5. The van der Waals surface area contributed by atoms with Crippen LogP contribution in [0.25, 0.3) is 22.6 Å². The number of H-pyrrole nitrogens is 1. The molecule has 150 valence electrons. The van der Waals surface area contributed by atoms with E-state index < -0.39 is 0 Å². The molecular weight excluding hydrogens is 382 g/mol. The first-order valence-corrected chi connectivity index (χ1v) is 10.7. The molecule has 0 aliphatic rings.